The Morgan fingerprint density at radius 1 is 1.10 bits per heavy atom. The Morgan fingerprint density at radius 3 is 2.35 bits per heavy atom. The summed E-state index contributed by atoms with van der Waals surface area (Å²) in [5.41, 5.74) is 14.5. The normalized spacial score (nSPS) is 14.8. The second-order valence-electron chi connectivity index (χ2n) is 8.00. The summed E-state index contributed by atoms with van der Waals surface area (Å²) in [6, 6.07) is 12.2. The molecular formula is C24H29N3O4. The topological polar surface area (TPSA) is 125 Å². The summed E-state index contributed by atoms with van der Waals surface area (Å²) in [6.45, 7) is 2.15. The number of benzene rings is 2. The van der Waals surface area contributed by atoms with Crippen molar-refractivity contribution >= 4 is 23.5 Å². The lowest BCUT2D eigenvalue weighted by Gasteiger charge is -2.17. The summed E-state index contributed by atoms with van der Waals surface area (Å²) in [5.74, 6) is -1.39. The average Bonchev–Trinajstić information content (AvgIpc) is 3.30. The van der Waals surface area contributed by atoms with E-state index < -0.39 is 11.8 Å². The fraction of sp³-hybridized carbons (Fsp3) is 0.375. The highest BCUT2D eigenvalue weighted by Gasteiger charge is 2.24. The number of carbonyl (C=O) groups excluding carboxylic acids is 3. The number of anilines is 1. The Labute approximate surface area is 182 Å². The predicted molar refractivity (Wildman–Crippen MR) is 118 cm³/mol. The number of amides is 2. The van der Waals surface area contributed by atoms with Gasteiger partial charge in [0.15, 0.2) is 0 Å². The molecule has 7 nitrogen and oxygen atoms in total. The van der Waals surface area contributed by atoms with Crippen molar-refractivity contribution in [3.63, 3.8) is 0 Å². The number of aryl methyl sites for hydroxylation is 1. The van der Waals surface area contributed by atoms with Crippen molar-refractivity contribution in [1.82, 2.24) is 0 Å². The van der Waals surface area contributed by atoms with Gasteiger partial charge in [0.25, 0.3) is 0 Å². The smallest absolute Gasteiger partial charge is 0.309 e. The minimum Gasteiger partial charge on any atom is -0.461 e. The summed E-state index contributed by atoms with van der Waals surface area (Å²) in [7, 11) is 0. The fourth-order valence-corrected chi connectivity index (χ4v) is 3.85. The molecule has 0 spiro atoms. The van der Waals surface area contributed by atoms with Crippen molar-refractivity contribution in [2.75, 3.05) is 11.9 Å². The number of nitrogens with two attached hydrogens (primary N) is 2. The van der Waals surface area contributed by atoms with Crippen LogP contribution < -0.4 is 16.8 Å². The molecule has 31 heavy (non-hydrogen) atoms. The van der Waals surface area contributed by atoms with Crippen LogP contribution >= 0.6 is 0 Å². The van der Waals surface area contributed by atoms with Gasteiger partial charge >= 0.3 is 5.97 Å². The molecule has 2 aromatic rings. The standard InChI is InChI=1S/C24H29N3O4/c1-15-12-19(22(26)28)10-11-21(15)27-23(29)20(13-25)17-8-6-16(7-9-17)14-31-24(30)18-4-2-3-5-18/h6-12,18,20H,2-5,13-14,25H2,1H3,(H2,26,28)(H,27,29). The van der Waals surface area contributed by atoms with E-state index in [4.69, 9.17) is 16.2 Å². The Bertz CT molecular complexity index is 950. The molecule has 0 aliphatic heterocycles. The third-order valence-electron chi connectivity index (χ3n) is 5.77. The van der Waals surface area contributed by atoms with Crippen molar-refractivity contribution in [2.24, 2.45) is 17.4 Å². The van der Waals surface area contributed by atoms with Crippen molar-refractivity contribution < 1.29 is 19.1 Å². The van der Waals surface area contributed by atoms with Gasteiger partial charge in [0.05, 0.1) is 11.8 Å². The van der Waals surface area contributed by atoms with Crippen LogP contribution in [0.1, 0.15) is 58.6 Å². The minimum atomic E-state index is -0.537. The number of primary amides is 1. The number of nitrogens with one attached hydrogen (secondary N) is 1. The van der Waals surface area contributed by atoms with Crippen LogP contribution in [-0.2, 0) is 20.9 Å². The van der Waals surface area contributed by atoms with Crippen molar-refractivity contribution in [1.29, 1.82) is 0 Å². The van der Waals surface area contributed by atoms with Crippen molar-refractivity contribution in [3.05, 3.63) is 64.7 Å². The summed E-state index contributed by atoms with van der Waals surface area (Å²) >= 11 is 0. The van der Waals surface area contributed by atoms with Crippen LogP contribution in [0.2, 0.25) is 0 Å². The van der Waals surface area contributed by atoms with Gasteiger partial charge in [0.2, 0.25) is 11.8 Å². The molecule has 2 aromatic carbocycles. The molecule has 0 heterocycles. The Balaban J connectivity index is 1.61. The van der Waals surface area contributed by atoms with Crippen LogP contribution in [0, 0.1) is 12.8 Å². The quantitative estimate of drug-likeness (QED) is 0.563. The van der Waals surface area contributed by atoms with E-state index in [2.05, 4.69) is 5.32 Å². The van der Waals surface area contributed by atoms with E-state index in [-0.39, 0.29) is 30.9 Å². The van der Waals surface area contributed by atoms with E-state index >= 15 is 0 Å². The lowest BCUT2D eigenvalue weighted by atomic mass is 9.97. The van der Waals surface area contributed by atoms with E-state index in [0.29, 0.717) is 11.3 Å². The van der Waals surface area contributed by atoms with E-state index in [1.807, 2.05) is 24.3 Å². The Kier molecular flexibility index (Phi) is 7.41. The van der Waals surface area contributed by atoms with Crippen molar-refractivity contribution in [2.45, 2.75) is 45.1 Å². The maximum absolute atomic E-state index is 12.8. The molecule has 1 aliphatic rings. The fourth-order valence-electron chi connectivity index (χ4n) is 3.85. The number of carbonyl (C=O) groups is 3. The van der Waals surface area contributed by atoms with Gasteiger partial charge in [-0.25, -0.2) is 0 Å². The molecule has 0 bridgehead atoms. The first-order valence-electron chi connectivity index (χ1n) is 10.6. The number of ether oxygens (including phenoxy) is 1. The summed E-state index contributed by atoms with van der Waals surface area (Å²) in [5, 5.41) is 2.87. The minimum absolute atomic E-state index is 0.0325. The summed E-state index contributed by atoms with van der Waals surface area (Å²) < 4.78 is 5.43. The predicted octanol–water partition coefficient (Wildman–Crippen LogP) is 3.01. The third-order valence-corrected chi connectivity index (χ3v) is 5.77. The number of rotatable bonds is 8. The van der Waals surface area contributed by atoms with Crippen molar-refractivity contribution in [3.8, 4) is 0 Å². The van der Waals surface area contributed by atoms with Crippen LogP contribution in [0.4, 0.5) is 5.69 Å². The Hall–Kier alpha value is -3.19. The van der Waals surface area contributed by atoms with Gasteiger partial charge in [-0.05, 0) is 54.7 Å². The first-order valence-corrected chi connectivity index (χ1v) is 10.6. The van der Waals surface area contributed by atoms with Gasteiger partial charge < -0.3 is 21.5 Å². The average molecular weight is 424 g/mol. The molecule has 0 radical (unpaired) electrons. The monoisotopic (exact) mass is 423 g/mol. The van der Waals surface area contributed by atoms with Crippen LogP contribution in [0.5, 0.6) is 0 Å². The van der Waals surface area contributed by atoms with E-state index in [1.54, 1.807) is 25.1 Å². The maximum atomic E-state index is 12.8. The van der Waals surface area contributed by atoms with Gasteiger partial charge in [-0.3, -0.25) is 14.4 Å². The number of esters is 1. The first-order chi connectivity index (χ1) is 14.9. The van der Waals surface area contributed by atoms with E-state index in [9.17, 15) is 14.4 Å². The van der Waals surface area contributed by atoms with Gasteiger partial charge in [-0.15, -0.1) is 0 Å². The molecule has 1 aliphatic carbocycles. The first kappa shape index (κ1) is 22.5. The number of hydrogen-bond acceptors (Lipinski definition) is 5. The second kappa shape index (κ2) is 10.2. The molecule has 1 atom stereocenters. The lowest BCUT2D eigenvalue weighted by molar-refractivity contribution is -0.149. The van der Waals surface area contributed by atoms with E-state index in [1.165, 1.54) is 0 Å². The molecule has 2 amide bonds. The molecule has 0 aromatic heterocycles. The van der Waals surface area contributed by atoms with Crippen LogP contribution in [-0.4, -0.2) is 24.3 Å². The zero-order chi connectivity index (χ0) is 22.4. The van der Waals surface area contributed by atoms with Gasteiger partial charge in [0.1, 0.15) is 6.61 Å². The van der Waals surface area contributed by atoms with Crippen LogP contribution in [0.25, 0.3) is 0 Å². The van der Waals surface area contributed by atoms with Crippen LogP contribution in [0.15, 0.2) is 42.5 Å². The molecule has 164 valence electrons. The zero-order valence-corrected chi connectivity index (χ0v) is 17.7. The van der Waals surface area contributed by atoms with E-state index in [0.717, 1.165) is 42.4 Å². The highest BCUT2D eigenvalue weighted by molar-refractivity contribution is 5.98. The van der Waals surface area contributed by atoms with Gasteiger partial charge in [-0.2, -0.15) is 0 Å². The highest BCUT2D eigenvalue weighted by atomic mass is 16.5. The van der Waals surface area contributed by atoms with Crippen LogP contribution in [0.3, 0.4) is 0 Å². The number of hydrogen-bond donors (Lipinski definition) is 3. The molecule has 3 rings (SSSR count). The molecule has 1 unspecified atom stereocenters. The lowest BCUT2D eigenvalue weighted by Crippen LogP contribution is -2.27. The second-order valence-corrected chi connectivity index (χ2v) is 8.00. The molecule has 0 saturated heterocycles. The molecular weight excluding hydrogens is 394 g/mol. The Morgan fingerprint density at radius 2 is 1.77 bits per heavy atom. The molecule has 1 fully saturated rings. The zero-order valence-electron chi connectivity index (χ0n) is 17.7. The van der Waals surface area contributed by atoms with Gasteiger partial charge in [-0.1, -0.05) is 37.1 Å². The largest absolute Gasteiger partial charge is 0.461 e. The maximum Gasteiger partial charge on any atom is 0.309 e. The molecule has 5 N–H and O–H groups in total. The summed E-state index contributed by atoms with van der Waals surface area (Å²) in [4.78, 5) is 36.2. The molecule has 1 saturated carbocycles. The highest BCUT2D eigenvalue weighted by Crippen LogP contribution is 2.26. The summed E-state index contributed by atoms with van der Waals surface area (Å²) in [6.07, 6.45) is 4.00. The molecule has 7 heteroatoms. The van der Waals surface area contributed by atoms with Gasteiger partial charge in [0, 0.05) is 17.8 Å². The SMILES string of the molecule is Cc1cc(C(N)=O)ccc1NC(=O)C(CN)c1ccc(COC(=O)C2CCCC2)cc1. The third kappa shape index (κ3) is 5.70.